The third-order valence-electron chi connectivity index (χ3n) is 4.03. The highest BCUT2D eigenvalue weighted by Gasteiger charge is 1.96. The summed E-state index contributed by atoms with van der Waals surface area (Å²) in [5, 5.41) is 0. The van der Waals surface area contributed by atoms with Gasteiger partial charge in [0.2, 0.25) is 0 Å². The van der Waals surface area contributed by atoms with Gasteiger partial charge in [0.05, 0.1) is 0 Å². The summed E-state index contributed by atoms with van der Waals surface area (Å²) in [6.45, 7) is 4.58. The van der Waals surface area contributed by atoms with Crippen molar-refractivity contribution >= 4 is 43.2 Å². The van der Waals surface area contributed by atoms with Gasteiger partial charge in [-0.2, -0.15) is 0 Å². The van der Waals surface area contributed by atoms with Crippen molar-refractivity contribution in [1.29, 1.82) is 0 Å². The molecule has 0 saturated carbocycles. The molecule has 0 aliphatic carbocycles. The van der Waals surface area contributed by atoms with Gasteiger partial charge in [0.25, 0.3) is 0 Å². The first kappa shape index (κ1) is 25.4. The van der Waals surface area contributed by atoms with Crippen LogP contribution in [0.5, 0.6) is 0 Å². The van der Waals surface area contributed by atoms with Crippen LogP contribution in [0.2, 0.25) is 0 Å². The van der Waals surface area contributed by atoms with Crippen LogP contribution in [-0.2, 0) is 0 Å². The van der Waals surface area contributed by atoms with Gasteiger partial charge in [0.1, 0.15) is 0 Å². The van der Waals surface area contributed by atoms with Crippen LogP contribution in [0, 0.1) is 0 Å². The van der Waals surface area contributed by atoms with Crippen molar-refractivity contribution in [1.82, 2.24) is 0 Å². The second kappa shape index (κ2) is 24.4. The van der Waals surface area contributed by atoms with Crippen molar-refractivity contribution in [3.05, 3.63) is 0 Å². The highest BCUT2D eigenvalue weighted by Crippen LogP contribution is 2.27. The SMILES string of the molecule is CCCCCCCCSSCCCCSSCCCCCCCC. The predicted octanol–water partition coefficient (Wildman–Crippen LogP) is 9.25. The van der Waals surface area contributed by atoms with Crippen LogP contribution < -0.4 is 0 Å². The Kier molecular flexibility index (Phi) is 25.8. The second-order valence-electron chi connectivity index (χ2n) is 6.53. The van der Waals surface area contributed by atoms with Gasteiger partial charge >= 0.3 is 0 Å². The van der Waals surface area contributed by atoms with Crippen molar-refractivity contribution < 1.29 is 0 Å². The Hall–Kier alpha value is 1.40. The van der Waals surface area contributed by atoms with Gasteiger partial charge in [-0.25, -0.2) is 0 Å². The van der Waals surface area contributed by atoms with E-state index in [1.165, 1.54) is 113 Å². The standard InChI is InChI=1S/C20H42S4/c1-3-5-7-9-11-13-17-21-23-19-15-16-20-24-22-18-14-12-10-8-6-4-2/h3-20H2,1-2H3. The zero-order chi connectivity index (χ0) is 17.6. The van der Waals surface area contributed by atoms with E-state index in [4.69, 9.17) is 0 Å². The lowest BCUT2D eigenvalue weighted by Gasteiger charge is -2.03. The molecule has 0 N–H and O–H groups in total. The van der Waals surface area contributed by atoms with Crippen LogP contribution >= 0.6 is 43.2 Å². The van der Waals surface area contributed by atoms with Gasteiger partial charge < -0.3 is 0 Å². The van der Waals surface area contributed by atoms with E-state index in [2.05, 4.69) is 57.0 Å². The van der Waals surface area contributed by atoms with E-state index in [0.29, 0.717) is 0 Å². The van der Waals surface area contributed by atoms with Gasteiger partial charge in [0, 0.05) is 23.0 Å². The van der Waals surface area contributed by atoms with Crippen LogP contribution in [0.25, 0.3) is 0 Å². The Morgan fingerprint density at radius 2 is 0.583 bits per heavy atom. The zero-order valence-corrected chi connectivity index (χ0v) is 19.6. The van der Waals surface area contributed by atoms with E-state index in [1.807, 2.05) is 0 Å². The molecule has 0 aliphatic heterocycles. The Morgan fingerprint density at radius 1 is 0.333 bits per heavy atom. The summed E-state index contributed by atoms with van der Waals surface area (Å²) in [6, 6.07) is 0. The van der Waals surface area contributed by atoms with E-state index >= 15 is 0 Å². The average Bonchev–Trinajstić information content (AvgIpc) is 2.60. The smallest absolute Gasteiger partial charge is 0.00372 e. The molecule has 0 spiro atoms. The summed E-state index contributed by atoms with van der Waals surface area (Å²) < 4.78 is 0. The first-order chi connectivity index (χ1) is 11.9. The van der Waals surface area contributed by atoms with Gasteiger partial charge in [-0.15, -0.1) is 0 Å². The molecule has 0 amide bonds. The Morgan fingerprint density at radius 3 is 0.917 bits per heavy atom. The van der Waals surface area contributed by atoms with Crippen molar-refractivity contribution in [2.75, 3.05) is 23.0 Å². The fourth-order valence-electron chi connectivity index (χ4n) is 2.44. The molecule has 0 saturated heterocycles. The van der Waals surface area contributed by atoms with Crippen LogP contribution in [0.1, 0.15) is 104 Å². The maximum Gasteiger partial charge on any atom is 0.00372 e. The molecule has 0 bridgehead atoms. The molecule has 0 rings (SSSR count). The molecule has 0 nitrogen and oxygen atoms in total. The maximum absolute atomic E-state index is 2.29. The molecule has 24 heavy (non-hydrogen) atoms. The van der Waals surface area contributed by atoms with E-state index in [1.54, 1.807) is 0 Å². The molecule has 0 atom stereocenters. The van der Waals surface area contributed by atoms with Gasteiger partial charge in [-0.05, 0) is 25.7 Å². The molecule has 0 unspecified atom stereocenters. The van der Waals surface area contributed by atoms with Crippen molar-refractivity contribution in [2.24, 2.45) is 0 Å². The molecule has 146 valence electrons. The van der Waals surface area contributed by atoms with E-state index in [0.717, 1.165) is 0 Å². The summed E-state index contributed by atoms with van der Waals surface area (Å²) in [5.74, 6) is 5.42. The third-order valence-corrected chi connectivity index (χ3v) is 9.19. The molecule has 0 radical (unpaired) electrons. The molecule has 0 aromatic rings. The van der Waals surface area contributed by atoms with Crippen molar-refractivity contribution in [3.63, 3.8) is 0 Å². The summed E-state index contributed by atoms with van der Waals surface area (Å²) >= 11 is 0. The summed E-state index contributed by atoms with van der Waals surface area (Å²) in [4.78, 5) is 0. The third kappa shape index (κ3) is 23.4. The Balaban J connectivity index is 2.93. The van der Waals surface area contributed by atoms with Gasteiger partial charge in [0.15, 0.2) is 0 Å². The van der Waals surface area contributed by atoms with Crippen molar-refractivity contribution in [2.45, 2.75) is 104 Å². The fourth-order valence-corrected chi connectivity index (χ4v) is 7.03. The van der Waals surface area contributed by atoms with Crippen LogP contribution in [0.3, 0.4) is 0 Å². The van der Waals surface area contributed by atoms with Crippen LogP contribution in [-0.4, -0.2) is 23.0 Å². The molecule has 0 heterocycles. The largest absolute Gasteiger partial charge is 0.0942 e. The highest BCUT2D eigenvalue weighted by molar-refractivity contribution is 8.77. The zero-order valence-electron chi connectivity index (χ0n) is 16.4. The lowest BCUT2D eigenvalue weighted by atomic mass is 10.1. The quantitative estimate of drug-likeness (QED) is 0.136. The predicted molar refractivity (Wildman–Crippen MR) is 126 cm³/mol. The molecular weight excluding hydrogens is 368 g/mol. The number of hydrogen-bond acceptors (Lipinski definition) is 4. The summed E-state index contributed by atoms with van der Waals surface area (Å²) in [7, 11) is 8.42. The molecule has 0 fully saturated rings. The summed E-state index contributed by atoms with van der Waals surface area (Å²) in [6.07, 6.45) is 19.9. The molecular formula is C20H42S4. The van der Waals surface area contributed by atoms with E-state index in [-0.39, 0.29) is 0 Å². The molecule has 0 aromatic heterocycles. The van der Waals surface area contributed by atoms with Crippen molar-refractivity contribution in [3.8, 4) is 0 Å². The van der Waals surface area contributed by atoms with E-state index in [9.17, 15) is 0 Å². The topological polar surface area (TPSA) is 0 Å². The molecule has 0 aliphatic rings. The number of hydrogen-bond donors (Lipinski definition) is 0. The molecule has 0 aromatic carbocycles. The minimum Gasteiger partial charge on any atom is -0.0942 e. The normalized spacial score (nSPS) is 11.2. The average molecular weight is 411 g/mol. The van der Waals surface area contributed by atoms with Gasteiger partial charge in [-0.3, -0.25) is 0 Å². The summed E-state index contributed by atoms with van der Waals surface area (Å²) in [5.41, 5.74) is 0. The monoisotopic (exact) mass is 410 g/mol. The maximum atomic E-state index is 2.29. The Bertz CT molecular complexity index is 190. The number of unbranched alkanes of at least 4 members (excludes halogenated alkanes) is 11. The van der Waals surface area contributed by atoms with Crippen LogP contribution in [0.15, 0.2) is 0 Å². The first-order valence-electron chi connectivity index (χ1n) is 10.4. The Labute approximate surface area is 169 Å². The first-order valence-corrected chi connectivity index (χ1v) is 15.4. The minimum absolute atomic E-state index is 1.35. The minimum atomic E-state index is 1.35. The van der Waals surface area contributed by atoms with Gasteiger partial charge in [-0.1, -0.05) is 121 Å². The van der Waals surface area contributed by atoms with Crippen LogP contribution in [0.4, 0.5) is 0 Å². The lowest BCUT2D eigenvalue weighted by molar-refractivity contribution is 0.627. The highest BCUT2D eigenvalue weighted by atomic mass is 33.1. The van der Waals surface area contributed by atoms with E-state index < -0.39 is 0 Å². The lowest BCUT2D eigenvalue weighted by Crippen LogP contribution is -1.84. The number of rotatable bonds is 21. The molecule has 4 heteroatoms. The fraction of sp³-hybridized carbons (Fsp3) is 1.00. The second-order valence-corrected chi connectivity index (χ2v) is 11.9.